The SMILES string of the molecule is COc1ccc(S(=O)(=O)N2CCCC[C@@H]2C)cc1-c1noc(C(C)(C)C)n1. The Morgan fingerprint density at radius 1 is 1.26 bits per heavy atom. The third-order valence-electron chi connectivity index (χ3n) is 4.83. The fourth-order valence-corrected chi connectivity index (χ4v) is 4.95. The first-order valence-corrected chi connectivity index (χ1v) is 10.6. The van der Waals surface area contributed by atoms with Gasteiger partial charge < -0.3 is 9.26 Å². The highest BCUT2D eigenvalue weighted by molar-refractivity contribution is 7.89. The summed E-state index contributed by atoms with van der Waals surface area (Å²) in [5.74, 6) is 1.31. The molecule has 3 rings (SSSR count). The third-order valence-corrected chi connectivity index (χ3v) is 6.84. The van der Waals surface area contributed by atoms with E-state index in [0.717, 1.165) is 19.3 Å². The third kappa shape index (κ3) is 3.87. The van der Waals surface area contributed by atoms with Gasteiger partial charge in [-0.25, -0.2) is 8.42 Å². The molecule has 1 aromatic heterocycles. The Labute approximate surface area is 160 Å². The normalized spacial score (nSPS) is 19.2. The maximum Gasteiger partial charge on any atom is 0.243 e. The first-order chi connectivity index (χ1) is 12.6. The van der Waals surface area contributed by atoms with Crippen molar-refractivity contribution >= 4 is 10.0 Å². The van der Waals surface area contributed by atoms with Crippen LogP contribution in [0.25, 0.3) is 11.4 Å². The van der Waals surface area contributed by atoms with E-state index in [0.29, 0.717) is 29.6 Å². The summed E-state index contributed by atoms with van der Waals surface area (Å²) in [4.78, 5) is 4.66. The smallest absolute Gasteiger partial charge is 0.243 e. The van der Waals surface area contributed by atoms with Gasteiger partial charge in [-0.2, -0.15) is 9.29 Å². The lowest BCUT2D eigenvalue weighted by atomic mass is 9.97. The number of hydrogen-bond donors (Lipinski definition) is 0. The van der Waals surface area contributed by atoms with Crippen LogP contribution in [0, 0.1) is 0 Å². The molecule has 0 amide bonds. The Hall–Kier alpha value is -1.93. The molecular weight excluding hydrogens is 366 g/mol. The molecule has 0 saturated carbocycles. The number of ether oxygens (including phenoxy) is 1. The second-order valence-corrected chi connectivity index (χ2v) is 9.89. The van der Waals surface area contributed by atoms with Crippen LogP contribution < -0.4 is 4.74 Å². The molecule has 148 valence electrons. The molecule has 1 fully saturated rings. The molecule has 0 unspecified atom stereocenters. The van der Waals surface area contributed by atoms with Crippen LogP contribution in [0.4, 0.5) is 0 Å². The lowest BCUT2D eigenvalue weighted by Gasteiger charge is -2.32. The van der Waals surface area contributed by atoms with Gasteiger partial charge in [-0.1, -0.05) is 32.3 Å². The Morgan fingerprint density at radius 2 is 2.00 bits per heavy atom. The van der Waals surface area contributed by atoms with E-state index >= 15 is 0 Å². The lowest BCUT2D eigenvalue weighted by molar-refractivity contribution is 0.268. The molecule has 2 aromatic rings. The number of piperidine rings is 1. The summed E-state index contributed by atoms with van der Waals surface area (Å²) in [6, 6.07) is 4.78. The van der Waals surface area contributed by atoms with Gasteiger partial charge in [0.15, 0.2) is 0 Å². The fourth-order valence-electron chi connectivity index (χ4n) is 3.22. The monoisotopic (exact) mass is 393 g/mol. The molecule has 27 heavy (non-hydrogen) atoms. The van der Waals surface area contributed by atoms with E-state index in [1.165, 1.54) is 7.11 Å². The van der Waals surface area contributed by atoms with Crippen LogP contribution in [0.15, 0.2) is 27.6 Å². The largest absolute Gasteiger partial charge is 0.496 e. The van der Waals surface area contributed by atoms with Crippen LogP contribution in [0.5, 0.6) is 5.75 Å². The van der Waals surface area contributed by atoms with Gasteiger partial charge in [-0.05, 0) is 38.0 Å². The molecule has 7 nitrogen and oxygen atoms in total. The van der Waals surface area contributed by atoms with Gasteiger partial charge in [0.25, 0.3) is 0 Å². The van der Waals surface area contributed by atoms with Gasteiger partial charge in [0.05, 0.1) is 17.6 Å². The summed E-state index contributed by atoms with van der Waals surface area (Å²) in [5, 5.41) is 4.04. The molecule has 1 atom stereocenters. The van der Waals surface area contributed by atoms with Crippen LogP contribution >= 0.6 is 0 Å². The molecule has 0 spiro atoms. The van der Waals surface area contributed by atoms with Gasteiger partial charge in [0, 0.05) is 18.0 Å². The number of sulfonamides is 1. The van der Waals surface area contributed by atoms with Crippen LogP contribution in [0.2, 0.25) is 0 Å². The highest BCUT2D eigenvalue weighted by Gasteiger charge is 2.32. The van der Waals surface area contributed by atoms with Crippen molar-refractivity contribution in [1.29, 1.82) is 0 Å². The Kier molecular flexibility index (Phi) is 5.31. The van der Waals surface area contributed by atoms with Crippen molar-refractivity contribution in [2.75, 3.05) is 13.7 Å². The van der Waals surface area contributed by atoms with Gasteiger partial charge >= 0.3 is 0 Å². The van der Waals surface area contributed by atoms with Gasteiger partial charge in [0.1, 0.15) is 5.75 Å². The Bertz CT molecular complexity index is 915. The van der Waals surface area contributed by atoms with Crippen LogP contribution in [0.3, 0.4) is 0 Å². The quantitative estimate of drug-likeness (QED) is 0.789. The molecule has 1 aromatic carbocycles. The molecular formula is C19H27N3O4S. The minimum absolute atomic E-state index is 0.00744. The lowest BCUT2D eigenvalue weighted by Crippen LogP contribution is -2.41. The minimum Gasteiger partial charge on any atom is -0.496 e. The summed E-state index contributed by atoms with van der Waals surface area (Å²) in [6.45, 7) is 8.41. The maximum absolute atomic E-state index is 13.2. The predicted molar refractivity (Wildman–Crippen MR) is 102 cm³/mol. The number of benzene rings is 1. The molecule has 0 radical (unpaired) electrons. The average molecular weight is 394 g/mol. The van der Waals surface area contributed by atoms with Crippen molar-refractivity contribution in [3.8, 4) is 17.1 Å². The average Bonchev–Trinajstić information content (AvgIpc) is 3.11. The number of rotatable bonds is 4. The summed E-state index contributed by atoms with van der Waals surface area (Å²) >= 11 is 0. The van der Waals surface area contributed by atoms with Gasteiger partial charge in [-0.3, -0.25) is 0 Å². The Balaban J connectivity index is 2.05. The highest BCUT2D eigenvalue weighted by atomic mass is 32.2. The van der Waals surface area contributed by atoms with Crippen molar-refractivity contribution in [3.05, 3.63) is 24.1 Å². The molecule has 2 heterocycles. The first kappa shape index (κ1) is 19.8. The predicted octanol–water partition coefficient (Wildman–Crippen LogP) is 3.61. The molecule has 0 bridgehead atoms. The number of hydrogen-bond acceptors (Lipinski definition) is 6. The highest BCUT2D eigenvalue weighted by Crippen LogP contribution is 2.34. The molecule has 1 aliphatic heterocycles. The van der Waals surface area contributed by atoms with Crippen molar-refractivity contribution in [2.45, 2.75) is 63.3 Å². The summed E-state index contributed by atoms with van der Waals surface area (Å²) in [5.41, 5.74) is 0.202. The van der Waals surface area contributed by atoms with Crippen molar-refractivity contribution in [1.82, 2.24) is 14.4 Å². The van der Waals surface area contributed by atoms with E-state index in [4.69, 9.17) is 9.26 Å². The van der Waals surface area contributed by atoms with E-state index in [2.05, 4.69) is 10.1 Å². The fraction of sp³-hybridized carbons (Fsp3) is 0.579. The molecule has 1 aliphatic rings. The van der Waals surface area contributed by atoms with Crippen molar-refractivity contribution in [2.24, 2.45) is 0 Å². The van der Waals surface area contributed by atoms with E-state index in [9.17, 15) is 8.42 Å². The minimum atomic E-state index is -3.60. The number of nitrogens with zero attached hydrogens (tertiary/aromatic N) is 3. The molecule has 1 saturated heterocycles. The van der Waals surface area contributed by atoms with Crippen LogP contribution in [-0.2, 0) is 15.4 Å². The van der Waals surface area contributed by atoms with Gasteiger partial charge in [0.2, 0.25) is 21.7 Å². The van der Waals surface area contributed by atoms with Crippen LogP contribution in [-0.4, -0.2) is 42.6 Å². The van der Waals surface area contributed by atoms with E-state index in [1.54, 1.807) is 22.5 Å². The zero-order valence-electron chi connectivity index (χ0n) is 16.5. The van der Waals surface area contributed by atoms with Crippen molar-refractivity contribution < 1.29 is 17.7 Å². The van der Waals surface area contributed by atoms with Crippen LogP contribution in [0.1, 0.15) is 52.8 Å². The first-order valence-electron chi connectivity index (χ1n) is 9.19. The second kappa shape index (κ2) is 7.24. The zero-order valence-corrected chi connectivity index (χ0v) is 17.3. The van der Waals surface area contributed by atoms with E-state index in [1.807, 2.05) is 27.7 Å². The number of methoxy groups -OCH3 is 1. The zero-order chi connectivity index (χ0) is 19.8. The summed E-state index contributed by atoms with van der Waals surface area (Å²) < 4.78 is 38.7. The van der Waals surface area contributed by atoms with Crippen molar-refractivity contribution in [3.63, 3.8) is 0 Å². The molecule has 0 aliphatic carbocycles. The summed E-state index contributed by atoms with van der Waals surface area (Å²) in [6.07, 6.45) is 2.81. The standard InChI is InChI=1S/C19H27N3O4S/c1-13-8-6-7-11-22(13)27(23,24)14-9-10-16(25-5)15(12-14)17-20-18(26-21-17)19(2,3)4/h9-10,12-13H,6-8,11H2,1-5H3/t13-/m0/s1. The van der Waals surface area contributed by atoms with E-state index in [-0.39, 0.29) is 16.4 Å². The topological polar surface area (TPSA) is 85.5 Å². The Morgan fingerprint density at radius 3 is 2.59 bits per heavy atom. The second-order valence-electron chi connectivity index (χ2n) is 8.00. The van der Waals surface area contributed by atoms with E-state index < -0.39 is 10.0 Å². The molecule has 8 heteroatoms. The summed E-state index contributed by atoms with van der Waals surface area (Å²) in [7, 11) is -2.06. The number of aromatic nitrogens is 2. The molecule has 0 N–H and O–H groups in total. The maximum atomic E-state index is 13.2. The van der Waals surface area contributed by atoms with Gasteiger partial charge in [-0.15, -0.1) is 0 Å².